The van der Waals surface area contributed by atoms with Gasteiger partial charge in [0.25, 0.3) is 0 Å². The van der Waals surface area contributed by atoms with Crippen LogP contribution in [-0.4, -0.2) is 73.0 Å². The predicted octanol–water partition coefficient (Wildman–Crippen LogP) is 2.94. The van der Waals surface area contributed by atoms with Gasteiger partial charge in [-0.2, -0.15) is 0 Å². The lowest BCUT2D eigenvalue weighted by molar-refractivity contribution is -0.152. The number of benzene rings is 1. The van der Waals surface area contributed by atoms with E-state index >= 15 is 0 Å². The van der Waals surface area contributed by atoms with Gasteiger partial charge < -0.3 is 24.6 Å². The van der Waals surface area contributed by atoms with Gasteiger partial charge in [0.15, 0.2) is 6.04 Å². The molecule has 0 fully saturated rings. The Kier molecular flexibility index (Phi) is 9.24. The molecule has 12 nitrogen and oxygen atoms in total. The second kappa shape index (κ2) is 12.1. The van der Waals surface area contributed by atoms with Crippen LogP contribution >= 0.6 is 0 Å². The number of aliphatic hydroxyl groups excluding tert-OH is 1. The minimum atomic E-state index is -1.39. The first-order chi connectivity index (χ1) is 18.6. The SMILES string of the molecule is C[C@@H](O)[C@H](NC(=O)[C@@H]1Cc2ncn(C(=O)OC(C)(C)C)c2CN1C(=O)OC(C)(C)C)C(=O)OCc1ccccc1. The number of fused-ring (bicyclic) bond motifs is 1. The molecule has 1 aliphatic heterocycles. The quantitative estimate of drug-likeness (QED) is 0.403. The Balaban J connectivity index is 1.84. The van der Waals surface area contributed by atoms with E-state index in [0.29, 0.717) is 11.4 Å². The largest absolute Gasteiger partial charge is 0.459 e. The van der Waals surface area contributed by atoms with E-state index in [1.54, 1.807) is 65.8 Å². The molecule has 0 saturated carbocycles. The van der Waals surface area contributed by atoms with Crippen molar-refractivity contribution in [1.29, 1.82) is 0 Å². The maximum Gasteiger partial charge on any atom is 0.420 e. The summed E-state index contributed by atoms with van der Waals surface area (Å²) < 4.78 is 17.5. The maximum absolute atomic E-state index is 13.5. The molecule has 0 spiro atoms. The molecular weight excluding hydrogens is 520 g/mol. The molecule has 1 aliphatic rings. The Hall–Kier alpha value is -3.93. The third-order valence-electron chi connectivity index (χ3n) is 5.81. The highest BCUT2D eigenvalue weighted by Crippen LogP contribution is 2.26. The molecular formula is C28H38N4O8. The van der Waals surface area contributed by atoms with Gasteiger partial charge in [-0.15, -0.1) is 0 Å². The zero-order chi connectivity index (χ0) is 29.8. The van der Waals surface area contributed by atoms with Gasteiger partial charge in [-0.25, -0.2) is 23.9 Å². The number of imidazole rings is 1. The molecule has 1 aromatic heterocycles. The van der Waals surface area contributed by atoms with Gasteiger partial charge >= 0.3 is 18.2 Å². The standard InChI is InChI=1S/C28H38N4O8/c1-17(33)22(24(35)38-15-18-11-9-8-10-12-18)30-23(34)20-13-19-21(14-31(20)25(36)39-27(2,3)4)32(16-29-19)26(37)40-28(5,6)7/h8-12,16-17,20,22,33H,13-15H2,1-7H3,(H,30,34)/t17-,20+,22+/m1/s1. The van der Waals surface area contributed by atoms with Gasteiger partial charge in [-0.05, 0) is 54.0 Å². The Bertz CT molecular complexity index is 1230. The number of carbonyl (C=O) groups excluding carboxylic acids is 4. The number of aliphatic hydroxyl groups is 1. The van der Waals surface area contributed by atoms with Crippen molar-refractivity contribution >= 4 is 24.1 Å². The summed E-state index contributed by atoms with van der Waals surface area (Å²) in [6.07, 6.45) is -1.54. The van der Waals surface area contributed by atoms with Crippen molar-refractivity contribution in [3.05, 3.63) is 53.6 Å². The second-order valence-corrected chi connectivity index (χ2v) is 11.6. The zero-order valence-electron chi connectivity index (χ0n) is 24.0. The monoisotopic (exact) mass is 558 g/mol. The normalized spacial score (nSPS) is 16.8. The van der Waals surface area contributed by atoms with Crippen molar-refractivity contribution in [2.45, 2.75) is 97.4 Å². The van der Waals surface area contributed by atoms with Crippen molar-refractivity contribution in [2.24, 2.45) is 0 Å². The van der Waals surface area contributed by atoms with E-state index in [1.807, 2.05) is 6.07 Å². The van der Waals surface area contributed by atoms with Crippen LogP contribution in [0, 0.1) is 0 Å². The van der Waals surface area contributed by atoms with Gasteiger partial charge in [0.1, 0.15) is 30.2 Å². The van der Waals surface area contributed by atoms with E-state index in [0.717, 1.165) is 5.56 Å². The first-order valence-corrected chi connectivity index (χ1v) is 13.0. The minimum Gasteiger partial charge on any atom is -0.459 e. The fourth-order valence-corrected chi connectivity index (χ4v) is 3.97. The Morgan fingerprint density at radius 1 is 1.02 bits per heavy atom. The topological polar surface area (TPSA) is 149 Å². The zero-order valence-corrected chi connectivity index (χ0v) is 24.0. The molecule has 0 aliphatic carbocycles. The van der Waals surface area contributed by atoms with E-state index in [2.05, 4.69) is 10.3 Å². The number of aromatic nitrogens is 2. The molecule has 218 valence electrons. The fourth-order valence-electron chi connectivity index (χ4n) is 3.97. The van der Waals surface area contributed by atoms with Crippen LogP contribution in [-0.2, 0) is 43.4 Å². The lowest BCUT2D eigenvalue weighted by atomic mass is 10.0. The summed E-state index contributed by atoms with van der Waals surface area (Å²) in [6, 6.07) is 6.43. The molecule has 2 amide bonds. The van der Waals surface area contributed by atoms with Crippen molar-refractivity contribution < 1.29 is 38.5 Å². The van der Waals surface area contributed by atoms with Crippen LogP contribution < -0.4 is 5.32 Å². The number of carbonyl (C=O) groups is 4. The molecule has 2 heterocycles. The summed E-state index contributed by atoms with van der Waals surface area (Å²) >= 11 is 0. The molecule has 0 bridgehead atoms. The van der Waals surface area contributed by atoms with Gasteiger partial charge in [-0.3, -0.25) is 9.69 Å². The van der Waals surface area contributed by atoms with Crippen molar-refractivity contribution in [3.63, 3.8) is 0 Å². The summed E-state index contributed by atoms with van der Waals surface area (Å²) in [6.45, 7) is 11.4. The van der Waals surface area contributed by atoms with E-state index in [4.69, 9.17) is 14.2 Å². The highest BCUT2D eigenvalue weighted by atomic mass is 16.6. The van der Waals surface area contributed by atoms with Crippen LogP contribution in [0.25, 0.3) is 0 Å². The molecule has 2 aromatic rings. The predicted molar refractivity (Wildman–Crippen MR) is 143 cm³/mol. The second-order valence-electron chi connectivity index (χ2n) is 11.6. The summed E-state index contributed by atoms with van der Waals surface area (Å²) in [5.41, 5.74) is -0.110. The third-order valence-corrected chi connectivity index (χ3v) is 5.81. The molecule has 12 heteroatoms. The highest BCUT2D eigenvalue weighted by molar-refractivity contribution is 5.90. The average molecular weight is 559 g/mol. The summed E-state index contributed by atoms with van der Waals surface area (Å²) in [4.78, 5) is 57.8. The van der Waals surface area contributed by atoms with Crippen LogP contribution in [0.4, 0.5) is 9.59 Å². The molecule has 3 atom stereocenters. The average Bonchev–Trinajstić information content (AvgIpc) is 3.26. The maximum atomic E-state index is 13.5. The molecule has 2 N–H and O–H groups in total. The Labute approximate surface area is 233 Å². The smallest absolute Gasteiger partial charge is 0.420 e. The molecule has 1 aromatic carbocycles. The van der Waals surface area contributed by atoms with Gasteiger partial charge in [0, 0.05) is 6.42 Å². The lowest BCUT2D eigenvalue weighted by Gasteiger charge is -2.36. The number of hydrogen-bond donors (Lipinski definition) is 2. The Morgan fingerprint density at radius 3 is 2.20 bits per heavy atom. The van der Waals surface area contributed by atoms with Crippen LogP contribution in [0.15, 0.2) is 36.7 Å². The summed E-state index contributed by atoms with van der Waals surface area (Å²) in [5.74, 6) is -1.55. The molecule has 3 rings (SSSR count). The Morgan fingerprint density at radius 2 is 1.62 bits per heavy atom. The number of amides is 2. The first kappa shape index (κ1) is 30.6. The van der Waals surface area contributed by atoms with Crippen LogP contribution in [0.1, 0.15) is 65.4 Å². The fraction of sp³-hybridized carbons (Fsp3) is 0.536. The van der Waals surface area contributed by atoms with Gasteiger partial charge in [0.2, 0.25) is 5.91 Å². The number of nitrogens with one attached hydrogen (secondary N) is 1. The van der Waals surface area contributed by atoms with Crippen molar-refractivity contribution in [1.82, 2.24) is 19.8 Å². The van der Waals surface area contributed by atoms with Crippen molar-refractivity contribution in [3.8, 4) is 0 Å². The number of ether oxygens (including phenoxy) is 3. The van der Waals surface area contributed by atoms with Gasteiger partial charge in [-0.1, -0.05) is 30.3 Å². The van der Waals surface area contributed by atoms with E-state index in [1.165, 1.54) is 22.7 Å². The van der Waals surface area contributed by atoms with E-state index in [-0.39, 0.29) is 19.6 Å². The summed E-state index contributed by atoms with van der Waals surface area (Å²) in [5, 5.41) is 12.8. The van der Waals surface area contributed by atoms with E-state index < -0.39 is 53.5 Å². The molecule has 0 saturated heterocycles. The van der Waals surface area contributed by atoms with Crippen LogP contribution in [0.3, 0.4) is 0 Å². The van der Waals surface area contributed by atoms with Crippen LogP contribution in [0.2, 0.25) is 0 Å². The highest BCUT2D eigenvalue weighted by Gasteiger charge is 2.41. The number of rotatable bonds is 6. The minimum absolute atomic E-state index is 0.0440. The number of esters is 1. The number of hydrogen-bond acceptors (Lipinski definition) is 9. The summed E-state index contributed by atoms with van der Waals surface area (Å²) in [7, 11) is 0. The van der Waals surface area contributed by atoms with Crippen LogP contribution in [0.5, 0.6) is 0 Å². The molecule has 0 unspecified atom stereocenters. The van der Waals surface area contributed by atoms with Crippen molar-refractivity contribution in [2.75, 3.05) is 0 Å². The number of nitrogens with zero attached hydrogens (tertiary/aromatic N) is 3. The third kappa shape index (κ3) is 8.04. The lowest BCUT2D eigenvalue weighted by Crippen LogP contribution is -2.58. The molecule has 0 radical (unpaired) electrons. The van der Waals surface area contributed by atoms with E-state index in [9.17, 15) is 24.3 Å². The first-order valence-electron chi connectivity index (χ1n) is 13.0. The van der Waals surface area contributed by atoms with Gasteiger partial charge in [0.05, 0.1) is 24.0 Å². The molecule has 40 heavy (non-hydrogen) atoms.